The average Bonchev–Trinajstić information content (AvgIpc) is 2.57. The second kappa shape index (κ2) is 8.39. The van der Waals surface area contributed by atoms with E-state index in [1.54, 1.807) is 4.90 Å². The molecule has 0 saturated carbocycles. The Morgan fingerprint density at radius 3 is 2.75 bits per heavy atom. The van der Waals surface area contributed by atoms with Crippen LogP contribution in [0.25, 0.3) is 0 Å². The van der Waals surface area contributed by atoms with Gasteiger partial charge in [0, 0.05) is 32.6 Å². The van der Waals surface area contributed by atoms with E-state index in [1.165, 1.54) is 4.90 Å². The van der Waals surface area contributed by atoms with Crippen LogP contribution in [-0.2, 0) is 9.59 Å². The van der Waals surface area contributed by atoms with E-state index in [2.05, 4.69) is 5.32 Å². The lowest BCUT2D eigenvalue weighted by Crippen LogP contribution is -2.44. The first kappa shape index (κ1) is 16.3. The van der Waals surface area contributed by atoms with E-state index in [-0.39, 0.29) is 24.9 Å². The van der Waals surface area contributed by atoms with Crippen molar-refractivity contribution >= 4 is 17.9 Å². The number of hydrogen-bond acceptors (Lipinski definition) is 3. The summed E-state index contributed by atoms with van der Waals surface area (Å²) in [6.45, 7) is 4.41. The molecular weight excluding hydrogens is 262 g/mol. The molecule has 1 heterocycles. The van der Waals surface area contributed by atoms with Gasteiger partial charge in [-0.25, -0.2) is 4.79 Å². The molecule has 1 rings (SSSR count). The smallest absolute Gasteiger partial charge is 0.317 e. The van der Waals surface area contributed by atoms with Crippen molar-refractivity contribution in [3.05, 3.63) is 0 Å². The first-order valence-electron chi connectivity index (χ1n) is 7.07. The molecule has 0 atom stereocenters. The molecule has 0 radical (unpaired) electrons. The average molecular weight is 285 g/mol. The molecule has 1 aliphatic rings. The van der Waals surface area contributed by atoms with Crippen LogP contribution in [-0.4, -0.2) is 65.5 Å². The van der Waals surface area contributed by atoms with Crippen molar-refractivity contribution in [2.75, 3.05) is 32.7 Å². The Morgan fingerprint density at radius 1 is 1.35 bits per heavy atom. The minimum Gasteiger partial charge on any atom is -0.481 e. The molecule has 7 heteroatoms. The number of amides is 3. The van der Waals surface area contributed by atoms with Gasteiger partial charge in [-0.05, 0) is 19.3 Å². The summed E-state index contributed by atoms with van der Waals surface area (Å²) in [6.07, 6.45) is 2.11. The fraction of sp³-hybridized carbons (Fsp3) is 0.769. The van der Waals surface area contributed by atoms with Crippen molar-refractivity contribution < 1.29 is 19.5 Å². The third kappa shape index (κ3) is 5.46. The molecule has 1 fully saturated rings. The van der Waals surface area contributed by atoms with Crippen LogP contribution in [0.15, 0.2) is 0 Å². The van der Waals surface area contributed by atoms with Crippen molar-refractivity contribution in [1.29, 1.82) is 0 Å². The highest BCUT2D eigenvalue weighted by atomic mass is 16.4. The summed E-state index contributed by atoms with van der Waals surface area (Å²) < 4.78 is 0. The summed E-state index contributed by atoms with van der Waals surface area (Å²) in [5, 5.41) is 11.2. The second-order valence-electron chi connectivity index (χ2n) is 4.89. The van der Waals surface area contributed by atoms with Gasteiger partial charge < -0.3 is 20.2 Å². The quantitative estimate of drug-likeness (QED) is 0.696. The van der Waals surface area contributed by atoms with Gasteiger partial charge in [0.05, 0.1) is 0 Å². The summed E-state index contributed by atoms with van der Waals surface area (Å²) in [5.74, 6) is -0.899. The SMILES string of the molecule is CCCN1CCCN(C(=O)NCCCC(=O)O)CC1=O. The molecule has 2 N–H and O–H groups in total. The van der Waals surface area contributed by atoms with E-state index in [4.69, 9.17) is 5.11 Å². The van der Waals surface area contributed by atoms with E-state index >= 15 is 0 Å². The molecule has 1 aliphatic heterocycles. The fourth-order valence-electron chi connectivity index (χ4n) is 2.15. The van der Waals surface area contributed by atoms with Gasteiger partial charge in [-0.1, -0.05) is 6.92 Å². The van der Waals surface area contributed by atoms with Crippen molar-refractivity contribution in [2.45, 2.75) is 32.6 Å². The molecule has 7 nitrogen and oxygen atoms in total. The summed E-state index contributed by atoms with van der Waals surface area (Å²) in [4.78, 5) is 37.5. The Kier molecular flexibility index (Phi) is 6.83. The third-order valence-electron chi connectivity index (χ3n) is 3.16. The van der Waals surface area contributed by atoms with E-state index in [9.17, 15) is 14.4 Å². The van der Waals surface area contributed by atoms with Crippen LogP contribution < -0.4 is 5.32 Å². The van der Waals surface area contributed by atoms with Gasteiger partial charge in [0.15, 0.2) is 0 Å². The van der Waals surface area contributed by atoms with Gasteiger partial charge in [0.1, 0.15) is 6.54 Å². The van der Waals surface area contributed by atoms with Crippen LogP contribution in [0.3, 0.4) is 0 Å². The van der Waals surface area contributed by atoms with Crippen molar-refractivity contribution in [3.8, 4) is 0 Å². The molecule has 0 unspecified atom stereocenters. The summed E-state index contributed by atoms with van der Waals surface area (Å²) in [7, 11) is 0. The van der Waals surface area contributed by atoms with Crippen molar-refractivity contribution in [3.63, 3.8) is 0 Å². The summed E-state index contributed by atoms with van der Waals surface area (Å²) in [6, 6.07) is -0.290. The second-order valence-corrected chi connectivity index (χ2v) is 4.89. The molecule has 0 aliphatic carbocycles. The Hall–Kier alpha value is -1.79. The van der Waals surface area contributed by atoms with E-state index in [0.29, 0.717) is 26.1 Å². The van der Waals surface area contributed by atoms with Crippen LogP contribution in [0.5, 0.6) is 0 Å². The van der Waals surface area contributed by atoms with E-state index < -0.39 is 5.97 Å². The lowest BCUT2D eigenvalue weighted by molar-refractivity contribution is -0.137. The number of carbonyl (C=O) groups is 3. The Morgan fingerprint density at radius 2 is 2.10 bits per heavy atom. The normalized spacial score (nSPS) is 15.9. The molecule has 114 valence electrons. The molecule has 3 amide bonds. The monoisotopic (exact) mass is 285 g/mol. The van der Waals surface area contributed by atoms with Crippen LogP contribution in [0.4, 0.5) is 4.79 Å². The molecule has 0 spiro atoms. The highest BCUT2D eigenvalue weighted by Crippen LogP contribution is 2.05. The number of rotatable bonds is 6. The van der Waals surface area contributed by atoms with Crippen LogP contribution >= 0.6 is 0 Å². The van der Waals surface area contributed by atoms with Crippen molar-refractivity contribution in [1.82, 2.24) is 15.1 Å². The Labute approximate surface area is 118 Å². The molecule has 0 aromatic rings. The van der Waals surface area contributed by atoms with Gasteiger partial charge >= 0.3 is 12.0 Å². The third-order valence-corrected chi connectivity index (χ3v) is 3.16. The summed E-state index contributed by atoms with van der Waals surface area (Å²) >= 11 is 0. The predicted molar refractivity (Wildman–Crippen MR) is 73.3 cm³/mol. The number of urea groups is 1. The number of carboxylic acid groups (broad SMARTS) is 1. The maximum atomic E-state index is 12.0. The topological polar surface area (TPSA) is 89.9 Å². The number of carboxylic acids is 1. The van der Waals surface area contributed by atoms with Crippen LogP contribution in [0.2, 0.25) is 0 Å². The first-order chi connectivity index (χ1) is 9.54. The number of carbonyl (C=O) groups excluding carboxylic acids is 2. The lowest BCUT2D eigenvalue weighted by Gasteiger charge is -2.21. The molecule has 0 bridgehead atoms. The minimum atomic E-state index is -0.876. The standard InChI is InChI=1S/C13H23N3O4/c1-2-7-15-8-4-9-16(10-11(15)17)13(20)14-6-3-5-12(18)19/h2-10H2,1H3,(H,14,20)(H,18,19). The van der Waals surface area contributed by atoms with E-state index in [1.807, 2.05) is 6.92 Å². The first-order valence-corrected chi connectivity index (χ1v) is 7.07. The molecular formula is C13H23N3O4. The Bertz CT molecular complexity index is 360. The van der Waals surface area contributed by atoms with Gasteiger partial charge in [-0.15, -0.1) is 0 Å². The fourth-order valence-corrected chi connectivity index (χ4v) is 2.15. The van der Waals surface area contributed by atoms with Gasteiger partial charge in [-0.3, -0.25) is 9.59 Å². The largest absolute Gasteiger partial charge is 0.481 e. The zero-order chi connectivity index (χ0) is 15.0. The molecule has 1 saturated heterocycles. The zero-order valence-electron chi connectivity index (χ0n) is 11.9. The lowest BCUT2D eigenvalue weighted by atomic mass is 10.3. The highest BCUT2D eigenvalue weighted by molar-refractivity contribution is 5.84. The number of hydrogen-bond donors (Lipinski definition) is 2. The summed E-state index contributed by atoms with van der Waals surface area (Å²) in [5.41, 5.74) is 0. The van der Waals surface area contributed by atoms with Gasteiger partial charge in [0.2, 0.25) is 5.91 Å². The minimum absolute atomic E-state index is 0.0231. The van der Waals surface area contributed by atoms with Crippen molar-refractivity contribution in [2.24, 2.45) is 0 Å². The zero-order valence-corrected chi connectivity index (χ0v) is 11.9. The van der Waals surface area contributed by atoms with E-state index in [0.717, 1.165) is 19.4 Å². The predicted octanol–water partition coefficient (Wildman–Crippen LogP) is 0.505. The van der Waals surface area contributed by atoms with Crippen LogP contribution in [0.1, 0.15) is 32.6 Å². The number of nitrogens with one attached hydrogen (secondary N) is 1. The maximum absolute atomic E-state index is 12.0. The highest BCUT2D eigenvalue weighted by Gasteiger charge is 2.23. The van der Waals surface area contributed by atoms with Gasteiger partial charge in [-0.2, -0.15) is 0 Å². The maximum Gasteiger partial charge on any atom is 0.317 e. The number of aliphatic carboxylic acids is 1. The van der Waals surface area contributed by atoms with Crippen LogP contribution in [0, 0.1) is 0 Å². The molecule has 0 aromatic carbocycles. The Balaban J connectivity index is 2.37. The molecule has 20 heavy (non-hydrogen) atoms. The number of nitrogens with zero attached hydrogens (tertiary/aromatic N) is 2. The van der Waals surface area contributed by atoms with Gasteiger partial charge in [0.25, 0.3) is 0 Å². The molecule has 0 aromatic heterocycles.